The standard InChI is InChI=1S/C54H96O6/c1-4-7-10-13-16-19-21-23-25-27-29-30-32-35-38-41-44-47-53(56)59-50-51(49-58-52(55)46-43-40-37-34-18-15-12-9-6-3)60-54(57)48-45-42-39-36-33-31-28-26-24-22-20-17-14-11-8-5-2/h16,19,23,25-26,28,31,33,51H,4-15,17-18,20-22,24,27,29-30,32,34-50H2,1-3H3/b19-16-,25-23-,28-26-,33-31-. The lowest BCUT2D eigenvalue weighted by Crippen LogP contribution is -2.30. The van der Waals surface area contributed by atoms with Gasteiger partial charge in [0.1, 0.15) is 13.2 Å². The minimum absolute atomic E-state index is 0.0848. The van der Waals surface area contributed by atoms with Crippen molar-refractivity contribution in [2.45, 2.75) is 264 Å². The van der Waals surface area contributed by atoms with Gasteiger partial charge in [0.05, 0.1) is 0 Å². The molecular formula is C54H96O6. The summed E-state index contributed by atoms with van der Waals surface area (Å²) < 4.78 is 16.7. The van der Waals surface area contributed by atoms with Crippen LogP contribution in [0.25, 0.3) is 0 Å². The highest BCUT2D eigenvalue weighted by atomic mass is 16.6. The Bertz CT molecular complexity index is 1060. The van der Waals surface area contributed by atoms with Gasteiger partial charge in [0.15, 0.2) is 6.10 Å². The summed E-state index contributed by atoms with van der Waals surface area (Å²) in [7, 11) is 0. The van der Waals surface area contributed by atoms with Crippen molar-refractivity contribution in [1.29, 1.82) is 0 Å². The van der Waals surface area contributed by atoms with Crippen LogP contribution in [0.15, 0.2) is 48.6 Å². The van der Waals surface area contributed by atoms with E-state index in [1.807, 2.05) is 0 Å². The Labute approximate surface area is 371 Å². The molecule has 0 aliphatic heterocycles. The summed E-state index contributed by atoms with van der Waals surface area (Å²) in [4.78, 5) is 37.9. The molecule has 0 aromatic rings. The van der Waals surface area contributed by atoms with E-state index < -0.39 is 6.10 Å². The number of hydrogen-bond donors (Lipinski definition) is 0. The molecule has 0 aliphatic rings. The Kier molecular flexibility index (Phi) is 46.9. The maximum Gasteiger partial charge on any atom is 0.306 e. The van der Waals surface area contributed by atoms with Crippen molar-refractivity contribution in [2.24, 2.45) is 0 Å². The second-order valence-electron chi connectivity index (χ2n) is 17.1. The van der Waals surface area contributed by atoms with Gasteiger partial charge in [0, 0.05) is 19.3 Å². The number of allylic oxidation sites excluding steroid dienone is 8. The Balaban J connectivity index is 4.37. The van der Waals surface area contributed by atoms with Gasteiger partial charge in [-0.1, -0.05) is 211 Å². The number of unbranched alkanes of at least 4 members (excludes halogenated alkanes) is 28. The van der Waals surface area contributed by atoms with E-state index >= 15 is 0 Å². The van der Waals surface area contributed by atoms with E-state index in [1.54, 1.807) is 0 Å². The molecule has 0 saturated carbocycles. The molecule has 1 atom stereocenters. The second-order valence-corrected chi connectivity index (χ2v) is 17.1. The van der Waals surface area contributed by atoms with Crippen LogP contribution in [0.5, 0.6) is 0 Å². The van der Waals surface area contributed by atoms with Crippen LogP contribution in [0.2, 0.25) is 0 Å². The van der Waals surface area contributed by atoms with Crippen molar-refractivity contribution in [2.75, 3.05) is 13.2 Å². The molecule has 1 unspecified atom stereocenters. The van der Waals surface area contributed by atoms with Crippen molar-refractivity contribution < 1.29 is 28.6 Å². The lowest BCUT2D eigenvalue weighted by Gasteiger charge is -2.18. The van der Waals surface area contributed by atoms with Crippen LogP contribution in [-0.2, 0) is 28.6 Å². The van der Waals surface area contributed by atoms with Gasteiger partial charge in [-0.05, 0) is 77.0 Å². The minimum Gasteiger partial charge on any atom is -0.462 e. The molecule has 0 fully saturated rings. The Hall–Kier alpha value is -2.63. The Morgan fingerprint density at radius 3 is 1.07 bits per heavy atom. The first-order chi connectivity index (χ1) is 29.5. The number of carbonyl (C=O) groups excluding carboxylic acids is 3. The molecule has 0 amide bonds. The molecule has 348 valence electrons. The number of hydrogen-bond acceptors (Lipinski definition) is 6. The van der Waals surface area contributed by atoms with Gasteiger partial charge >= 0.3 is 17.9 Å². The van der Waals surface area contributed by atoms with Crippen LogP contribution in [0, 0.1) is 0 Å². The minimum atomic E-state index is -0.786. The Morgan fingerprint density at radius 2 is 0.650 bits per heavy atom. The molecule has 0 aliphatic carbocycles. The third-order valence-electron chi connectivity index (χ3n) is 11.1. The van der Waals surface area contributed by atoms with E-state index in [9.17, 15) is 14.4 Å². The van der Waals surface area contributed by atoms with Crippen molar-refractivity contribution in [3.8, 4) is 0 Å². The van der Waals surface area contributed by atoms with E-state index in [2.05, 4.69) is 69.4 Å². The lowest BCUT2D eigenvalue weighted by molar-refractivity contribution is -0.167. The van der Waals surface area contributed by atoms with Crippen LogP contribution in [0.1, 0.15) is 258 Å². The molecule has 0 saturated heterocycles. The number of rotatable bonds is 46. The second kappa shape index (κ2) is 49.0. The summed E-state index contributed by atoms with van der Waals surface area (Å²) >= 11 is 0. The molecule has 6 heteroatoms. The average molecular weight is 841 g/mol. The van der Waals surface area contributed by atoms with Crippen LogP contribution in [0.3, 0.4) is 0 Å². The zero-order valence-corrected chi connectivity index (χ0v) is 39.7. The van der Waals surface area contributed by atoms with Crippen LogP contribution in [-0.4, -0.2) is 37.2 Å². The zero-order valence-electron chi connectivity index (χ0n) is 39.7. The molecule has 0 aromatic carbocycles. The van der Waals surface area contributed by atoms with Gasteiger partial charge in [-0.2, -0.15) is 0 Å². The fraction of sp³-hybridized carbons (Fsp3) is 0.796. The zero-order chi connectivity index (χ0) is 43.7. The molecule has 60 heavy (non-hydrogen) atoms. The van der Waals surface area contributed by atoms with Crippen LogP contribution in [0.4, 0.5) is 0 Å². The summed E-state index contributed by atoms with van der Waals surface area (Å²) in [5.74, 6) is -0.917. The van der Waals surface area contributed by atoms with Crippen LogP contribution < -0.4 is 0 Å². The van der Waals surface area contributed by atoms with Gasteiger partial charge in [0.2, 0.25) is 0 Å². The molecule has 0 rings (SSSR count). The lowest BCUT2D eigenvalue weighted by atomic mass is 10.1. The van der Waals surface area contributed by atoms with E-state index in [0.717, 1.165) is 83.5 Å². The summed E-state index contributed by atoms with van der Waals surface area (Å²) in [5.41, 5.74) is 0. The fourth-order valence-corrected chi connectivity index (χ4v) is 7.17. The number of ether oxygens (including phenoxy) is 3. The molecule has 0 heterocycles. The Morgan fingerprint density at radius 1 is 0.350 bits per heavy atom. The van der Waals surface area contributed by atoms with Gasteiger partial charge in [0.25, 0.3) is 0 Å². The van der Waals surface area contributed by atoms with Crippen molar-refractivity contribution in [3.05, 3.63) is 48.6 Å². The molecule has 0 aromatic heterocycles. The molecule has 0 bridgehead atoms. The maximum atomic E-state index is 12.8. The van der Waals surface area contributed by atoms with Crippen molar-refractivity contribution in [3.63, 3.8) is 0 Å². The summed E-state index contributed by atoms with van der Waals surface area (Å²) in [6, 6.07) is 0. The highest BCUT2D eigenvalue weighted by Gasteiger charge is 2.19. The van der Waals surface area contributed by atoms with Crippen LogP contribution >= 0.6 is 0 Å². The molecule has 6 nitrogen and oxygen atoms in total. The predicted octanol–water partition coefficient (Wildman–Crippen LogP) is 16.7. The summed E-state index contributed by atoms with van der Waals surface area (Å²) in [6.45, 7) is 6.57. The first-order valence-electron chi connectivity index (χ1n) is 25.7. The third kappa shape index (κ3) is 46.4. The van der Waals surface area contributed by atoms with Gasteiger partial charge in [-0.15, -0.1) is 0 Å². The topological polar surface area (TPSA) is 78.9 Å². The van der Waals surface area contributed by atoms with E-state index in [4.69, 9.17) is 14.2 Å². The van der Waals surface area contributed by atoms with Gasteiger partial charge < -0.3 is 14.2 Å². The average Bonchev–Trinajstić information content (AvgIpc) is 3.24. The first-order valence-corrected chi connectivity index (χ1v) is 25.7. The monoisotopic (exact) mass is 841 g/mol. The van der Waals surface area contributed by atoms with Crippen molar-refractivity contribution in [1.82, 2.24) is 0 Å². The smallest absolute Gasteiger partial charge is 0.306 e. The first kappa shape index (κ1) is 57.4. The SMILES string of the molecule is CCCCC/C=C\C/C=C\CCCCCCCCCC(=O)OCC(COC(=O)CCCCCCCCCCC)OC(=O)CCCCC/C=C\C=C/CCCCCCCCC. The summed E-state index contributed by atoms with van der Waals surface area (Å²) in [5, 5.41) is 0. The van der Waals surface area contributed by atoms with E-state index in [1.165, 1.54) is 135 Å². The fourth-order valence-electron chi connectivity index (χ4n) is 7.17. The molecule has 0 radical (unpaired) electrons. The highest BCUT2D eigenvalue weighted by Crippen LogP contribution is 2.14. The van der Waals surface area contributed by atoms with Gasteiger partial charge in [-0.3, -0.25) is 14.4 Å². The molecule has 0 spiro atoms. The number of carbonyl (C=O) groups is 3. The largest absolute Gasteiger partial charge is 0.462 e. The van der Waals surface area contributed by atoms with Gasteiger partial charge in [-0.25, -0.2) is 0 Å². The predicted molar refractivity (Wildman–Crippen MR) is 256 cm³/mol. The normalized spacial score (nSPS) is 12.4. The van der Waals surface area contributed by atoms with Crippen molar-refractivity contribution >= 4 is 17.9 Å². The molecular weight excluding hydrogens is 745 g/mol. The highest BCUT2D eigenvalue weighted by molar-refractivity contribution is 5.71. The molecule has 0 N–H and O–H groups in total. The third-order valence-corrected chi connectivity index (χ3v) is 11.1. The quantitative estimate of drug-likeness (QED) is 0.0200. The number of esters is 3. The van der Waals surface area contributed by atoms with E-state index in [-0.39, 0.29) is 31.1 Å². The van der Waals surface area contributed by atoms with E-state index in [0.29, 0.717) is 19.3 Å². The summed E-state index contributed by atoms with van der Waals surface area (Å²) in [6.07, 6.45) is 58.1. The maximum absolute atomic E-state index is 12.8.